The van der Waals surface area contributed by atoms with Gasteiger partial charge in [-0.25, -0.2) is 0 Å². The molecule has 160 valence electrons. The van der Waals surface area contributed by atoms with Crippen LogP contribution in [0.25, 0.3) is 0 Å². The van der Waals surface area contributed by atoms with E-state index < -0.39 is 0 Å². The molecule has 5 heteroatoms. The van der Waals surface area contributed by atoms with Crippen molar-refractivity contribution in [3.8, 4) is 5.75 Å². The Labute approximate surface area is 193 Å². The number of rotatable bonds is 7. The van der Waals surface area contributed by atoms with Gasteiger partial charge in [0.25, 0.3) is 0 Å². The van der Waals surface area contributed by atoms with Gasteiger partial charge in [0.2, 0.25) is 0 Å². The molecule has 1 heterocycles. The molecule has 2 unspecified atom stereocenters. The summed E-state index contributed by atoms with van der Waals surface area (Å²) in [6, 6.07) is 13.4. The highest BCUT2D eigenvalue weighted by Crippen LogP contribution is 2.35. The van der Waals surface area contributed by atoms with Crippen LogP contribution in [0.4, 0.5) is 0 Å². The first-order valence-electron chi connectivity index (χ1n) is 11.1. The van der Waals surface area contributed by atoms with Crippen molar-refractivity contribution in [3.05, 3.63) is 62.6 Å². The van der Waals surface area contributed by atoms with E-state index in [1.807, 2.05) is 18.2 Å². The number of benzene rings is 2. The minimum Gasteiger partial charge on any atom is -0.496 e. The van der Waals surface area contributed by atoms with Gasteiger partial charge in [0.15, 0.2) is 0 Å². The Hall–Kier alpha value is -1.52. The van der Waals surface area contributed by atoms with Crippen molar-refractivity contribution in [1.82, 2.24) is 4.90 Å². The van der Waals surface area contributed by atoms with Crippen LogP contribution >= 0.6 is 27.5 Å². The maximum atomic E-state index is 6.74. The molecule has 0 aromatic heterocycles. The fraction of sp³-hybridized carbons (Fsp3) is 0.480. The molecule has 0 spiro atoms. The molecule has 4 rings (SSSR count). The maximum absolute atomic E-state index is 6.74. The number of nitrogens with zero attached hydrogens (tertiary/aromatic N) is 2. The number of ether oxygens (including phenoxy) is 1. The Morgan fingerprint density at radius 2 is 2.00 bits per heavy atom. The number of methoxy groups -OCH3 is 1. The number of halogens is 2. The normalized spacial score (nSPS) is 20.8. The summed E-state index contributed by atoms with van der Waals surface area (Å²) >= 11 is 10.3. The van der Waals surface area contributed by atoms with Gasteiger partial charge in [0.1, 0.15) is 11.6 Å². The number of amidine groups is 1. The van der Waals surface area contributed by atoms with Gasteiger partial charge in [-0.2, -0.15) is 0 Å². The molecule has 2 aromatic carbocycles. The van der Waals surface area contributed by atoms with Crippen LogP contribution in [0.15, 0.2) is 45.9 Å². The molecule has 3 nitrogen and oxygen atoms in total. The lowest BCUT2D eigenvalue weighted by Gasteiger charge is -2.33. The standard InChI is InChI=1S/C25H30BrClN2O/c1-3-15-29-23-10-5-4-9-22(23)28-25(29)20-7-6-8-21(27)19(20)13-11-17-16-18(26)12-14-24(17)30-2/h6-8,12,14,16,22-23H,3-5,9-11,13,15H2,1-2H3. The van der Waals surface area contributed by atoms with E-state index in [0.717, 1.165) is 46.9 Å². The summed E-state index contributed by atoms with van der Waals surface area (Å²) in [5, 5.41) is 0.829. The predicted molar refractivity (Wildman–Crippen MR) is 129 cm³/mol. The average Bonchev–Trinajstić information content (AvgIpc) is 3.11. The Morgan fingerprint density at radius 3 is 2.80 bits per heavy atom. The van der Waals surface area contributed by atoms with E-state index in [4.69, 9.17) is 21.3 Å². The fourth-order valence-corrected chi connectivity index (χ4v) is 5.63. The lowest BCUT2D eigenvalue weighted by atomic mass is 9.90. The topological polar surface area (TPSA) is 24.8 Å². The van der Waals surface area contributed by atoms with Crippen LogP contribution in [-0.2, 0) is 12.8 Å². The van der Waals surface area contributed by atoms with Crippen molar-refractivity contribution < 1.29 is 4.74 Å². The predicted octanol–water partition coefficient (Wildman–Crippen LogP) is 6.68. The highest BCUT2D eigenvalue weighted by atomic mass is 79.9. The van der Waals surface area contributed by atoms with Crippen molar-refractivity contribution in [2.75, 3.05) is 13.7 Å². The van der Waals surface area contributed by atoms with Crippen LogP contribution in [0.2, 0.25) is 5.02 Å². The Morgan fingerprint density at radius 1 is 1.17 bits per heavy atom. The summed E-state index contributed by atoms with van der Waals surface area (Å²) in [5.41, 5.74) is 3.59. The zero-order chi connectivity index (χ0) is 21.1. The SMILES string of the molecule is CCCN1C(c2cccc(Cl)c2CCc2cc(Br)ccc2OC)=NC2CCCCC21. The molecular formula is C25H30BrClN2O. The monoisotopic (exact) mass is 488 g/mol. The smallest absolute Gasteiger partial charge is 0.131 e. The summed E-state index contributed by atoms with van der Waals surface area (Å²) < 4.78 is 6.64. The number of hydrogen-bond donors (Lipinski definition) is 0. The van der Waals surface area contributed by atoms with Gasteiger partial charge in [0, 0.05) is 21.6 Å². The highest BCUT2D eigenvalue weighted by molar-refractivity contribution is 9.10. The molecule has 0 bridgehead atoms. The highest BCUT2D eigenvalue weighted by Gasteiger charge is 2.38. The third-order valence-electron chi connectivity index (χ3n) is 6.37. The van der Waals surface area contributed by atoms with Gasteiger partial charge in [-0.3, -0.25) is 4.99 Å². The molecule has 30 heavy (non-hydrogen) atoms. The van der Waals surface area contributed by atoms with E-state index in [-0.39, 0.29) is 0 Å². The van der Waals surface area contributed by atoms with E-state index in [2.05, 4.69) is 46.0 Å². The second-order valence-electron chi connectivity index (χ2n) is 8.29. The van der Waals surface area contributed by atoms with Gasteiger partial charge >= 0.3 is 0 Å². The van der Waals surface area contributed by atoms with Gasteiger partial charge in [-0.1, -0.05) is 59.4 Å². The second kappa shape index (κ2) is 9.74. The largest absolute Gasteiger partial charge is 0.496 e. The molecule has 2 aromatic rings. The zero-order valence-electron chi connectivity index (χ0n) is 17.8. The average molecular weight is 490 g/mol. The lowest BCUT2D eigenvalue weighted by molar-refractivity contribution is 0.245. The van der Waals surface area contributed by atoms with Crippen LogP contribution in [0.1, 0.15) is 55.7 Å². The minimum atomic E-state index is 0.442. The van der Waals surface area contributed by atoms with Crippen molar-refractivity contribution >= 4 is 33.4 Å². The quantitative estimate of drug-likeness (QED) is 0.433. The molecule has 1 saturated carbocycles. The number of fused-ring (bicyclic) bond motifs is 1. The maximum Gasteiger partial charge on any atom is 0.131 e. The fourth-order valence-electron chi connectivity index (χ4n) is 4.96. The number of hydrogen-bond acceptors (Lipinski definition) is 3. The molecule has 0 saturated heterocycles. The van der Waals surface area contributed by atoms with Gasteiger partial charge in [0.05, 0.1) is 19.2 Å². The van der Waals surface area contributed by atoms with E-state index in [1.165, 1.54) is 42.4 Å². The van der Waals surface area contributed by atoms with Crippen molar-refractivity contribution in [3.63, 3.8) is 0 Å². The Bertz CT molecular complexity index is 929. The third-order valence-corrected chi connectivity index (χ3v) is 7.21. The van der Waals surface area contributed by atoms with E-state index >= 15 is 0 Å². The van der Waals surface area contributed by atoms with Crippen LogP contribution in [-0.4, -0.2) is 36.5 Å². The molecule has 1 aliphatic heterocycles. The first-order valence-corrected chi connectivity index (χ1v) is 12.2. The Balaban J connectivity index is 1.66. The van der Waals surface area contributed by atoms with E-state index in [9.17, 15) is 0 Å². The molecule has 2 aliphatic rings. The lowest BCUT2D eigenvalue weighted by Crippen LogP contribution is -2.42. The third kappa shape index (κ3) is 4.40. The van der Waals surface area contributed by atoms with Gasteiger partial charge in [-0.15, -0.1) is 0 Å². The molecular weight excluding hydrogens is 460 g/mol. The summed E-state index contributed by atoms with van der Waals surface area (Å²) in [7, 11) is 1.73. The number of aliphatic imine (C=N–C) groups is 1. The summed E-state index contributed by atoms with van der Waals surface area (Å²) in [6.07, 6.45) is 7.93. The zero-order valence-corrected chi connectivity index (χ0v) is 20.2. The van der Waals surface area contributed by atoms with Gasteiger partial charge < -0.3 is 9.64 Å². The van der Waals surface area contributed by atoms with Crippen LogP contribution in [0.3, 0.4) is 0 Å². The van der Waals surface area contributed by atoms with Crippen LogP contribution in [0.5, 0.6) is 5.75 Å². The van der Waals surface area contributed by atoms with Crippen molar-refractivity contribution in [2.24, 2.45) is 4.99 Å². The summed E-state index contributed by atoms with van der Waals surface area (Å²) in [4.78, 5) is 7.80. The Kier molecular flexibility index (Phi) is 7.05. The first kappa shape index (κ1) is 21.7. The van der Waals surface area contributed by atoms with Crippen molar-refractivity contribution in [1.29, 1.82) is 0 Å². The van der Waals surface area contributed by atoms with Crippen LogP contribution < -0.4 is 4.74 Å². The number of aryl methyl sites for hydroxylation is 1. The summed E-state index contributed by atoms with van der Waals surface area (Å²) in [6.45, 7) is 3.32. The minimum absolute atomic E-state index is 0.442. The molecule has 1 aliphatic carbocycles. The van der Waals surface area contributed by atoms with E-state index in [1.54, 1.807) is 7.11 Å². The van der Waals surface area contributed by atoms with E-state index in [0.29, 0.717) is 12.1 Å². The van der Waals surface area contributed by atoms with Crippen molar-refractivity contribution in [2.45, 2.75) is 64.0 Å². The molecule has 1 fully saturated rings. The summed E-state index contributed by atoms with van der Waals surface area (Å²) in [5.74, 6) is 2.08. The van der Waals surface area contributed by atoms with Gasteiger partial charge in [-0.05, 0) is 67.5 Å². The molecule has 2 atom stereocenters. The van der Waals surface area contributed by atoms with Crippen LogP contribution in [0, 0.1) is 0 Å². The second-order valence-corrected chi connectivity index (χ2v) is 9.61. The molecule has 0 radical (unpaired) electrons. The first-order chi connectivity index (χ1) is 14.6. The molecule has 0 N–H and O–H groups in total. The molecule has 0 amide bonds.